The van der Waals surface area contributed by atoms with Crippen LogP contribution < -0.4 is 4.74 Å². The quantitative estimate of drug-likeness (QED) is 0.755. The van der Waals surface area contributed by atoms with Crippen molar-refractivity contribution in [3.05, 3.63) is 70.0 Å². The van der Waals surface area contributed by atoms with Crippen LogP contribution in [0.15, 0.2) is 53.9 Å². The number of nitrogens with zero attached hydrogens (tertiary/aromatic N) is 1. The molecule has 1 heterocycles. The van der Waals surface area contributed by atoms with Gasteiger partial charge in [0.15, 0.2) is 0 Å². The van der Waals surface area contributed by atoms with Crippen LogP contribution in [-0.2, 0) is 6.61 Å². The fourth-order valence-corrected chi connectivity index (χ4v) is 2.81. The van der Waals surface area contributed by atoms with Gasteiger partial charge in [-0.2, -0.15) is 0 Å². The molecular weight excluding hydrogens is 310 g/mol. The van der Waals surface area contributed by atoms with Gasteiger partial charge >= 0.3 is 5.97 Å². The van der Waals surface area contributed by atoms with Crippen molar-refractivity contribution in [3.8, 4) is 17.0 Å². The summed E-state index contributed by atoms with van der Waals surface area (Å²) in [5.74, 6) is -0.165. The first-order valence-corrected chi connectivity index (χ1v) is 7.98. The third-order valence-electron chi connectivity index (χ3n) is 3.38. The van der Waals surface area contributed by atoms with Crippen LogP contribution in [0.25, 0.3) is 11.3 Å². The van der Waals surface area contributed by atoms with Gasteiger partial charge < -0.3 is 9.84 Å². The predicted molar refractivity (Wildman–Crippen MR) is 90.0 cm³/mol. The van der Waals surface area contributed by atoms with E-state index in [0.717, 1.165) is 27.6 Å². The third kappa shape index (κ3) is 3.57. The molecule has 5 heteroatoms. The van der Waals surface area contributed by atoms with Crippen molar-refractivity contribution in [2.45, 2.75) is 13.5 Å². The average Bonchev–Trinajstić information content (AvgIpc) is 3.00. The number of hydrogen-bond acceptors (Lipinski definition) is 4. The molecule has 0 aliphatic heterocycles. The maximum atomic E-state index is 10.9. The Balaban J connectivity index is 1.77. The monoisotopic (exact) mass is 325 g/mol. The van der Waals surface area contributed by atoms with Gasteiger partial charge in [-0.3, -0.25) is 0 Å². The number of aromatic nitrogens is 1. The molecule has 2 aromatic carbocycles. The molecule has 1 aromatic heterocycles. The van der Waals surface area contributed by atoms with E-state index < -0.39 is 5.97 Å². The molecule has 0 aliphatic carbocycles. The normalized spacial score (nSPS) is 10.5. The lowest BCUT2D eigenvalue weighted by Crippen LogP contribution is -1.99. The second-order valence-corrected chi connectivity index (χ2v) is 6.10. The van der Waals surface area contributed by atoms with Gasteiger partial charge in [0.1, 0.15) is 12.4 Å². The number of ether oxygens (including phenoxy) is 1. The lowest BCUT2D eigenvalue weighted by atomic mass is 10.1. The van der Waals surface area contributed by atoms with Crippen molar-refractivity contribution < 1.29 is 14.6 Å². The van der Waals surface area contributed by atoms with E-state index >= 15 is 0 Å². The van der Waals surface area contributed by atoms with Crippen LogP contribution >= 0.6 is 11.3 Å². The number of thiazole rings is 1. The highest BCUT2D eigenvalue weighted by Gasteiger charge is 2.09. The van der Waals surface area contributed by atoms with E-state index in [1.807, 2.05) is 36.6 Å². The van der Waals surface area contributed by atoms with E-state index in [2.05, 4.69) is 4.98 Å². The molecule has 0 aliphatic rings. The molecule has 0 fully saturated rings. The molecule has 1 N–H and O–H groups in total. The number of hydrogen-bond donors (Lipinski definition) is 1. The number of carbonyl (C=O) groups is 1. The molecule has 3 aromatic rings. The minimum Gasteiger partial charge on any atom is -0.488 e. The predicted octanol–water partition coefficient (Wildman–Crippen LogP) is 4.40. The Hall–Kier alpha value is -2.66. The molecule has 4 nitrogen and oxygen atoms in total. The van der Waals surface area contributed by atoms with Crippen LogP contribution in [0.1, 0.15) is 20.9 Å². The zero-order chi connectivity index (χ0) is 16.2. The minimum atomic E-state index is -0.929. The molecule has 0 unspecified atom stereocenters. The second-order valence-electron chi connectivity index (χ2n) is 5.04. The van der Waals surface area contributed by atoms with Gasteiger partial charge in [-0.05, 0) is 36.8 Å². The first kappa shape index (κ1) is 15.2. The Morgan fingerprint density at radius 3 is 2.57 bits per heavy atom. The van der Waals surface area contributed by atoms with Crippen LogP contribution in [0.4, 0.5) is 0 Å². The van der Waals surface area contributed by atoms with Crippen molar-refractivity contribution in [2.75, 3.05) is 0 Å². The smallest absolute Gasteiger partial charge is 0.335 e. The molecular formula is C18H15NO3S. The van der Waals surface area contributed by atoms with Gasteiger partial charge in [-0.15, -0.1) is 11.3 Å². The summed E-state index contributed by atoms with van der Waals surface area (Å²) < 4.78 is 5.90. The number of aromatic carboxylic acids is 1. The topological polar surface area (TPSA) is 59.4 Å². The van der Waals surface area contributed by atoms with E-state index in [4.69, 9.17) is 9.84 Å². The summed E-state index contributed by atoms with van der Waals surface area (Å²) in [5, 5.41) is 11.9. The van der Waals surface area contributed by atoms with E-state index in [0.29, 0.717) is 6.61 Å². The van der Waals surface area contributed by atoms with Gasteiger partial charge in [0, 0.05) is 10.9 Å². The zero-order valence-corrected chi connectivity index (χ0v) is 13.3. The summed E-state index contributed by atoms with van der Waals surface area (Å²) in [4.78, 5) is 15.4. The molecule has 23 heavy (non-hydrogen) atoms. The lowest BCUT2D eigenvalue weighted by Gasteiger charge is -2.10. The molecule has 116 valence electrons. The van der Waals surface area contributed by atoms with E-state index in [1.54, 1.807) is 35.6 Å². The van der Waals surface area contributed by atoms with Crippen LogP contribution in [0.5, 0.6) is 5.75 Å². The van der Waals surface area contributed by atoms with Gasteiger partial charge in [0.2, 0.25) is 0 Å². The highest BCUT2D eigenvalue weighted by molar-refractivity contribution is 7.09. The summed E-state index contributed by atoms with van der Waals surface area (Å²) in [5.41, 5.74) is 3.05. The summed E-state index contributed by atoms with van der Waals surface area (Å²) >= 11 is 1.60. The van der Waals surface area contributed by atoms with Gasteiger partial charge in [-0.1, -0.05) is 24.3 Å². The Labute approximate surface area is 138 Å². The second kappa shape index (κ2) is 6.62. The maximum Gasteiger partial charge on any atom is 0.335 e. The van der Waals surface area contributed by atoms with Crippen LogP contribution in [0, 0.1) is 6.92 Å². The first-order chi connectivity index (χ1) is 11.1. The van der Waals surface area contributed by atoms with Crippen LogP contribution in [0.2, 0.25) is 0 Å². The molecule has 0 atom stereocenters. The van der Waals surface area contributed by atoms with Crippen molar-refractivity contribution >= 4 is 17.3 Å². The van der Waals surface area contributed by atoms with Crippen LogP contribution in [0.3, 0.4) is 0 Å². The Bertz CT molecular complexity index is 824. The standard InChI is InChI=1S/C18H15NO3S/c1-12-19-16(11-23-12)15-4-2-3-5-17(15)22-10-13-6-8-14(9-7-13)18(20)21/h2-9,11H,10H2,1H3,(H,20,21). The largest absolute Gasteiger partial charge is 0.488 e. The third-order valence-corrected chi connectivity index (χ3v) is 4.15. The Morgan fingerprint density at radius 1 is 1.17 bits per heavy atom. The molecule has 0 radical (unpaired) electrons. The van der Waals surface area contributed by atoms with Crippen LogP contribution in [-0.4, -0.2) is 16.1 Å². The van der Waals surface area contributed by atoms with Crippen molar-refractivity contribution in [3.63, 3.8) is 0 Å². The fraction of sp³-hybridized carbons (Fsp3) is 0.111. The van der Waals surface area contributed by atoms with Crippen molar-refractivity contribution in [2.24, 2.45) is 0 Å². The molecule has 3 rings (SSSR count). The number of rotatable bonds is 5. The van der Waals surface area contributed by atoms with Crippen molar-refractivity contribution in [1.29, 1.82) is 0 Å². The molecule has 0 bridgehead atoms. The zero-order valence-electron chi connectivity index (χ0n) is 12.5. The number of carboxylic acid groups (broad SMARTS) is 1. The molecule has 0 amide bonds. The number of para-hydroxylation sites is 1. The molecule has 0 saturated carbocycles. The van der Waals surface area contributed by atoms with E-state index in [-0.39, 0.29) is 5.56 Å². The van der Waals surface area contributed by atoms with E-state index in [9.17, 15) is 4.79 Å². The van der Waals surface area contributed by atoms with E-state index in [1.165, 1.54) is 0 Å². The molecule has 0 saturated heterocycles. The fourth-order valence-electron chi connectivity index (χ4n) is 2.20. The average molecular weight is 325 g/mol. The molecule has 0 spiro atoms. The van der Waals surface area contributed by atoms with Gasteiger partial charge in [0.25, 0.3) is 0 Å². The summed E-state index contributed by atoms with van der Waals surface area (Å²) in [6.07, 6.45) is 0. The van der Waals surface area contributed by atoms with Gasteiger partial charge in [-0.25, -0.2) is 9.78 Å². The lowest BCUT2D eigenvalue weighted by molar-refractivity contribution is 0.0697. The Morgan fingerprint density at radius 2 is 1.91 bits per heavy atom. The summed E-state index contributed by atoms with van der Waals surface area (Å²) in [6.45, 7) is 2.35. The highest BCUT2D eigenvalue weighted by Crippen LogP contribution is 2.31. The summed E-state index contributed by atoms with van der Waals surface area (Å²) in [6, 6.07) is 14.5. The number of aryl methyl sites for hydroxylation is 1. The number of benzene rings is 2. The van der Waals surface area contributed by atoms with Crippen molar-refractivity contribution in [1.82, 2.24) is 4.98 Å². The number of carboxylic acids is 1. The minimum absolute atomic E-state index is 0.270. The summed E-state index contributed by atoms with van der Waals surface area (Å²) in [7, 11) is 0. The highest BCUT2D eigenvalue weighted by atomic mass is 32.1. The SMILES string of the molecule is Cc1nc(-c2ccccc2OCc2ccc(C(=O)O)cc2)cs1. The Kier molecular flexibility index (Phi) is 4.39. The maximum absolute atomic E-state index is 10.9. The van der Waals surface area contributed by atoms with Gasteiger partial charge in [0.05, 0.1) is 16.3 Å². The first-order valence-electron chi connectivity index (χ1n) is 7.10.